The van der Waals surface area contributed by atoms with E-state index < -0.39 is 11.7 Å². The fourth-order valence-electron chi connectivity index (χ4n) is 1.13. The molecule has 1 aromatic carbocycles. The molecule has 1 atom stereocenters. The van der Waals surface area contributed by atoms with Crippen molar-refractivity contribution in [2.24, 2.45) is 0 Å². The van der Waals surface area contributed by atoms with Gasteiger partial charge in [0.2, 0.25) is 0 Å². The van der Waals surface area contributed by atoms with Crippen molar-refractivity contribution in [3.63, 3.8) is 0 Å². The molecule has 5 heteroatoms. The first-order chi connectivity index (χ1) is 7.34. The van der Waals surface area contributed by atoms with Crippen LogP contribution in [0.5, 0.6) is 5.75 Å². The fraction of sp³-hybridized carbons (Fsp3) is 0.455. The third-order valence-electron chi connectivity index (χ3n) is 2.24. The standard InChI is InChI=1S/C11H14F3NO/c1-3-7(2)16-10-5-4-8(6-9(10)15)11(12,13)14/h4-7H,3,15H2,1-2H3/t7-/m1/s1. The van der Waals surface area contributed by atoms with Gasteiger partial charge >= 0.3 is 6.18 Å². The van der Waals surface area contributed by atoms with E-state index in [0.717, 1.165) is 18.6 Å². The fourth-order valence-corrected chi connectivity index (χ4v) is 1.13. The average molecular weight is 233 g/mol. The largest absolute Gasteiger partial charge is 0.489 e. The molecule has 1 rings (SSSR count). The number of hydrogen-bond donors (Lipinski definition) is 1. The number of ether oxygens (including phenoxy) is 1. The summed E-state index contributed by atoms with van der Waals surface area (Å²) in [5.74, 6) is 0.294. The molecule has 0 radical (unpaired) electrons. The van der Waals surface area contributed by atoms with E-state index in [4.69, 9.17) is 10.5 Å². The zero-order valence-corrected chi connectivity index (χ0v) is 9.14. The molecule has 0 bridgehead atoms. The van der Waals surface area contributed by atoms with E-state index in [-0.39, 0.29) is 11.8 Å². The van der Waals surface area contributed by atoms with E-state index in [1.807, 2.05) is 13.8 Å². The van der Waals surface area contributed by atoms with Crippen molar-refractivity contribution in [3.05, 3.63) is 23.8 Å². The molecule has 0 fully saturated rings. The summed E-state index contributed by atoms with van der Waals surface area (Å²) in [4.78, 5) is 0. The zero-order valence-electron chi connectivity index (χ0n) is 9.14. The third-order valence-corrected chi connectivity index (χ3v) is 2.24. The van der Waals surface area contributed by atoms with Crippen LogP contribution in [0.2, 0.25) is 0 Å². The van der Waals surface area contributed by atoms with Gasteiger partial charge in [-0.05, 0) is 31.5 Å². The second kappa shape index (κ2) is 4.63. The number of nitrogen functional groups attached to an aromatic ring is 1. The van der Waals surface area contributed by atoms with Crippen LogP contribution in [0.25, 0.3) is 0 Å². The van der Waals surface area contributed by atoms with Crippen LogP contribution in [0.1, 0.15) is 25.8 Å². The van der Waals surface area contributed by atoms with Crippen LogP contribution >= 0.6 is 0 Å². The molecular formula is C11H14F3NO. The van der Waals surface area contributed by atoms with Crippen molar-refractivity contribution in [1.29, 1.82) is 0 Å². The molecule has 0 aliphatic rings. The van der Waals surface area contributed by atoms with Crippen LogP contribution in [0.4, 0.5) is 18.9 Å². The van der Waals surface area contributed by atoms with Crippen LogP contribution in [0, 0.1) is 0 Å². The highest BCUT2D eigenvalue weighted by atomic mass is 19.4. The third kappa shape index (κ3) is 3.05. The van der Waals surface area contributed by atoms with Crippen molar-refractivity contribution >= 4 is 5.69 Å². The lowest BCUT2D eigenvalue weighted by Gasteiger charge is -2.15. The molecule has 0 saturated carbocycles. The highest BCUT2D eigenvalue weighted by Gasteiger charge is 2.30. The first-order valence-electron chi connectivity index (χ1n) is 4.98. The number of rotatable bonds is 3. The van der Waals surface area contributed by atoms with Gasteiger partial charge in [-0.2, -0.15) is 13.2 Å². The van der Waals surface area contributed by atoms with Gasteiger partial charge in [0.1, 0.15) is 5.75 Å². The molecule has 0 aliphatic carbocycles. The first-order valence-corrected chi connectivity index (χ1v) is 4.98. The minimum absolute atomic E-state index is 0.00938. The summed E-state index contributed by atoms with van der Waals surface area (Å²) in [5, 5.41) is 0. The Morgan fingerprint density at radius 3 is 2.44 bits per heavy atom. The average Bonchev–Trinajstić information content (AvgIpc) is 2.19. The van der Waals surface area contributed by atoms with Gasteiger partial charge in [-0.3, -0.25) is 0 Å². The van der Waals surface area contributed by atoms with Gasteiger partial charge in [0.15, 0.2) is 0 Å². The molecule has 2 N–H and O–H groups in total. The molecule has 0 aliphatic heterocycles. The lowest BCUT2D eigenvalue weighted by molar-refractivity contribution is -0.137. The number of anilines is 1. The van der Waals surface area contributed by atoms with E-state index in [9.17, 15) is 13.2 Å². The summed E-state index contributed by atoms with van der Waals surface area (Å²) in [7, 11) is 0. The Morgan fingerprint density at radius 2 is 2.00 bits per heavy atom. The predicted octanol–water partition coefficient (Wildman–Crippen LogP) is 3.46. The lowest BCUT2D eigenvalue weighted by Crippen LogP contribution is -2.12. The highest BCUT2D eigenvalue weighted by Crippen LogP contribution is 2.33. The quantitative estimate of drug-likeness (QED) is 0.811. The van der Waals surface area contributed by atoms with Gasteiger partial charge in [0.25, 0.3) is 0 Å². The molecule has 0 heterocycles. The summed E-state index contributed by atoms with van der Waals surface area (Å²) >= 11 is 0. The molecule has 16 heavy (non-hydrogen) atoms. The van der Waals surface area contributed by atoms with Crippen molar-refractivity contribution < 1.29 is 17.9 Å². The number of alkyl halides is 3. The lowest BCUT2D eigenvalue weighted by atomic mass is 10.2. The Labute approximate surface area is 92.2 Å². The normalized spacial score (nSPS) is 13.6. The maximum Gasteiger partial charge on any atom is 0.416 e. The summed E-state index contributed by atoms with van der Waals surface area (Å²) in [5.41, 5.74) is 4.74. The van der Waals surface area contributed by atoms with Crippen LogP contribution in [0.3, 0.4) is 0 Å². The molecule has 0 spiro atoms. The molecule has 1 aromatic rings. The molecular weight excluding hydrogens is 219 g/mol. The second-order valence-corrected chi connectivity index (χ2v) is 3.59. The smallest absolute Gasteiger partial charge is 0.416 e. The highest BCUT2D eigenvalue weighted by molar-refractivity contribution is 5.54. The maximum atomic E-state index is 12.3. The van der Waals surface area contributed by atoms with Gasteiger partial charge in [-0.1, -0.05) is 6.92 Å². The van der Waals surface area contributed by atoms with E-state index in [2.05, 4.69) is 0 Å². The summed E-state index contributed by atoms with van der Waals surface area (Å²) in [6.07, 6.45) is -3.68. The van der Waals surface area contributed by atoms with Gasteiger partial charge < -0.3 is 10.5 Å². The molecule has 0 aromatic heterocycles. The van der Waals surface area contributed by atoms with E-state index in [0.29, 0.717) is 5.75 Å². The van der Waals surface area contributed by atoms with Gasteiger partial charge in [-0.25, -0.2) is 0 Å². The van der Waals surface area contributed by atoms with Crippen LogP contribution in [-0.4, -0.2) is 6.10 Å². The van der Waals surface area contributed by atoms with Crippen LogP contribution < -0.4 is 10.5 Å². The minimum atomic E-state index is -4.37. The van der Waals surface area contributed by atoms with Crippen molar-refractivity contribution in [2.45, 2.75) is 32.5 Å². The Morgan fingerprint density at radius 1 is 1.38 bits per heavy atom. The number of benzene rings is 1. The second-order valence-electron chi connectivity index (χ2n) is 3.59. The van der Waals surface area contributed by atoms with Crippen LogP contribution in [-0.2, 0) is 6.18 Å². The minimum Gasteiger partial charge on any atom is -0.489 e. The molecule has 90 valence electrons. The first kappa shape index (κ1) is 12.7. The van der Waals surface area contributed by atoms with E-state index in [1.165, 1.54) is 6.07 Å². The van der Waals surface area contributed by atoms with Gasteiger partial charge in [0.05, 0.1) is 17.4 Å². The summed E-state index contributed by atoms with van der Waals surface area (Å²) in [6, 6.07) is 3.11. The van der Waals surface area contributed by atoms with Crippen molar-refractivity contribution in [3.8, 4) is 5.75 Å². The SMILES string of the molecule is CC[C@@H](C)Oc1ccc(C(F)(F)F)cc1N. The van der Waals surface area contributed by atoms with Crippen molar-refractivity contribution in [1.82, 2.24) is 0 Å². The molecule has 0 amide bonds. The van der Waals surface area contributed by atoms with Gasteiger partial charge in [0, 0.05) is 0 Å². The summed E-state index contributed by atoms with van der Waals surface area (Å²) in [6.45, 7) is 3.75. The van der Waals surface area contributed by atoms with Crippen LogP contribution in [0.15, 0.2) is 18.2 Å². The number of nitrogens with two attached hydrogens (primary N) is 1. The number of hydrogen-bond acceptors (Lipinski definition) is 2. The predicted molar refractivity (Wildman–Crippen MR) is 56.2 cm³/mol. The maximum absolute atomic E-state index is 12.3. The Bertz CT molecular complexity index is 363. The van der Waals surface area contributed by atoms with Gasteiger partial charge in [-0.15, -0.1) is 0 Å². The monoisotopic (exact) mass is 233 g/mol. The topological polar surface area (TPSA) is 35.2 Å². The molecule has 0 saturated heterocycles. The zero-order chi connectivity index (χ0) is 12.3. The molecule has 2 nitrogen and oxygen atoms in total. The van der Waals surface area contributed by atoms with E-state index >= 15 is 0 Å². The number of halogens is 3. The van der Waals surface area contributed by atoms with Crippen molar-refractivity contribution in [2.75, 3.05) is 5.73 Å². The molecule has 0 unspecified atom stereocenters. The Balaban J connectivity index is 2.92. The Kier molecular flexibility index (Phi) is 3.67. The summed E-state index contributed by atoms with van der Waals surface area (Å²) < 4.78 is 42.4. The van der Waals surface area contributed by atoms with E-state index in [1.54, 1.807) is 0 Å². The Hall–Kier alpha value is -1.39.